The summed E-state index contributed by atoms with van der Waals surface area (Å²) < 4.78 is 0. The summed E-state index contributed by atoms with van der Waals surface area (Å²) >= 11 is 6.15. The molecule has 0 radical (unpaired) electrons. The number of halogens is 1. The third-order valence-electron chi connectivity index (χ3n) is 3.37. The van der Waals surface area contributed by atoms with Crippen molar-refractivity contribution in [3.63, 3.8) is 0 Å². The molecule has 1 aromatic heterocycles. The van der Waals surface area contributed by atoms with E-state index in [1.54, 1.807) is 0 Å². The van der Waals surface area contributed by atoms with Gasteiger partial charge in [-0.3, -0.25) is 0 Å². The number of hydrogen-bond donors (Lipinski definition) is 2. The fraction of sp³-hybridized carbons (Fsp3) is 0.375. The van der Waals surface area contributed by atoms with Gasteiger partial charge in [-0.2, -0.15) is 5.26 Å². The molecule has 0 atom stereocenters. The number of nitrogens with one attached hydrogen (secondary N) is 2. The molecule has 0 unspecified atom stereocenters. The van der Waals surface area contributed by atoms with E-state index in [1.165, 1.54) is 0 Å². The molecule has 1 heterocycles. The Labute approximate surface area is 130 Å². The van der Waals surface area contributed by atoms with E-state index >= 15 is 0 Å². The van der Waals surface area contributed by atoms with Crippen molar-refractivity contribution in [2.75, 3.05) is 5.32 Å². The molecule has 0 aliphatic carbocycles. The average molecular weight is 303 g/mol. The predicted octanol–water partition coefficient (Wildman–Crippen LogP) is 4.20. The third-order valence-corrected chi connectivity index (χ3v) is 3.68. The molecule has 0 bridgehead atoms. The van der Waals surface area contributed by atoms with Gasteiger partial charge in [0.25, 0.3) is 0 Å². The summed E-state index contributed by atoms with van der Waals surface area (Å²) in [7, 11) is 0. The van der Waals surface area contributed by atoms with E-state index in [0.717, 1.165) is 42.0 Å². The molecule has 21 heavy (non-hydrogen) atoms. The average Bonchev–Trinajstić information content (AvgIpc) is 2.84. The van der Waals surface area contributed by atoms with Crippen molar-refractivity contribution in [2.45, 2.75) is 39.7 Å². The molecule has 2 N–H and O–H groups in total. The number of aryl methyl sites for hydroxylation is 2. The van der Waals surface area contributed by atoms with Crippen molar-refractivity contribution < 1.29 is 0 Å². The zero-order chi connectivity index (χ0) is 15.2. The number of hydrogen-bond acceptors (Lipinski definition) is 3. The lowest BCUT2D eigenvalue weighted by molar-refractivity contribution is 0.760. The van der Waals surface area contributed by atoms with E-state index in [4.69, 9.17) is 16.9 Å². The zero-order valence-corrected chi connectivity index (χ0v) is 13.1. The molecule has 2 aromatic rings. The highest BCUT2D eigenvalue weighted by Gasteiger charge is 2.08. The Balaban J connectivity index is 2.06. The number of benzene rings is 1. The van der Waals surface area contributed by atoms with Crippen molar-refractivity contribution in [3.05, 3.63) is 46.0 Å². The van der Waals surface area contributed by atoms with Gasteiger partial charge in [0, 0.05) is 12.1 Å². The Morgan fingerprint density at radius 3 is 2.95 bits per heavy atom. The number of aromatic amines is 1. The fourth-order valence-corrected chi connectivity index (χ4v) is 2.30. The second-order valence-electron chi connectivity index (χ2n) is 5.05. The number of unbranched alkanes of at least 4 members (excludes halogenated alkanes) is 1. The Morgan fingerprint density at radius 2 is 2.24 bits per heavy atom. The van der Waals surface area contributed by atoms with Crippen LogP contribution in [0.2, 0.25) is 5.15 Å². The van der Waals surface area contributed by atoms with Crippen LogP contribution in [0.4, 0.5) is 5.69 Å². The monoisotopic (exact) mass is 302 g/mol. The summed E-state index contributed by atoms with van der Waals surface area (Å²) in [4.78, 5) is 7.60. The van der Waals surface area contributed by atoms with Gasteiger partial charge < -0.3 is 10.3 Å². The SMILES string of the molecule is CCCCc1nc(Cl)c(CNc2cc(C#N)ccc2C)[nH]1. The lowest BCUT2D eigenvalue weighted by Gasteiger charge is -2.09. The standard InChI is InChI=1S/C16H19ClN4/c1-3-4-5-15-20-14(16(17)21-15)10-19-13-8-12(9-18)7-6-11(13)2/h6-8,19H,3-5,10H2,1-2H3,(H,20,21). The topological polar surface area (TPSA) is 64.5 Å². The van der Waals surface area contributed by atoms with Crippen LogP contribution in [0, 0.1) is 18.3 Å². The van der Waals surface area contributed by atoms with E-state index in [2.05, 4.69) is 28.3 Å². The molecule has 0 aliphatic heterocycles. The van der Waals surface area contributed by atoms with Crippen LogP contribution in [-0.2, 0) is 13.0 Å². The molecule has 0 spiro atoms. The van der Waals surface area contributed by atoms with Gasteiger partial charge in [-0.25, -0.2) is 4.98 Å². The number of nitrogens with zero attached hydrogens (tertiary/aromatic N) is 2. The van der Waals surface area contributed by atoms with Gasteiger partial charge >= 0.3 is 0 Å². The summed E-state index contributed by atoms with van der Waals surface area (Å²) in [5.74, 6) is 0.932. The smallest absolute Gasteiger partial charge is 0.152 e. The third kappa shape index (κ3) is 3.99. The number of H-pyrrole nitrogens is 1. The molecule has 0 saturated heterocycles. The number of aromatic nitrogens is 2. The van der Waals surface area contributed by atoms with Crippen LogP contribution in [-0.4, -0.2) is 9.97 Å². The highest BCUT2D eigenvalue weighted by atomic mass is 35.5. The van der Waals surface area contributed by atoms with E-state index in [-0.39, 0.29) is 0 Å². The van der Waals surface area contributed by atoms with Gasteiger partial charge in [-0.15, -0.1) is 0 Å². The van der Waals surface area contributed by atoms with E-state index in [0.29, 0.717) is 17.3 Å². The molecular formula is C16H19ClN4. The maximum atomic E-state index is 8.95. The summed E-state index contributed by atoms with van der Waals surface area (Å²) in [5, 5.41) is 12.8. The maximum Gasteiger partial charge on any atom is 0.152 e. The van der Waals surface area contributed by atoms with Crippen LogP contribution in [0.15, 0.2) is 18.2 Å². The Bertz CT molecular complexity index is 655. The first-order valence-electron chi connectivity index (χ1n) is 7.12. The van der Waals surface area contributed by atoms with Crippen molar-refractivity contribution in [1.82, 2.24) is 9.97 Å². The first kappa shape index (κ1) is 15.4. The maximum absolute atomic E-state index is 8.95. The molecule has 4 nitrogen and oxygen atoms in total. The highest BCUT2D eigenvalue weighted by molar-refractivity contribution is 6.30. The first-order chi connectivity index (χ1) is 10.1. The van der Waals surface area contributed by atoms with Crippen molar-refractivity contribution in [2.24, 2.45) is 0 Å². The molecule has 0 amide bonds. The van der Waals surface area contributed by atoms with Gasteiger partial charge in [0.05, 0.1) is 23.9 Å². The molecule has 1 aromatic carbocycles. The van der Waals surface area contributed by atoms with Crippen LogP contribution >= 0.6 is 11.6 Å². The van der Waals surface area contributed by atoms with Crippen LogP contribution in [0.3, 0.4) is 0 Å². The fourth-order valence-electron chi connectivity index (χ4n) is 2.09. The van der Waals surface area contributed by atoms with Crippen molar-refractivity contribution >= 4 is 17.3 Å². The van der Waals surface area contributed by atoms with E-state index in [1.807, 2.05) is 25.1 Å². The van der Waals surface area contributed by atoms with Crippen LogP contribution in [0.5, 0.6) is 0 Å². The minimum atomic E-state index is 0.516. The Kier molecular flexibility index (Phi) is 5.24. The van der Waals surface area contributed by atoms with Crippen LogP contribution < -0.4 is 5.32 Å². The molecule has 2 rings (SSSR count). The largest absolute Gasteiger partial charge is 0.379 e. The van der Waals surface area contributed by atoms with Gasteiger partial charge in [-0.1, -0.05) is 31.0 Å². The molecule has 0 saturated carbocycles. The van der Waals surface area contributed by atoms with Gasteiger partial charge in [0.15, 0.2) is 5.15 Å². The molecule has 0 aliphatic rings. The molecule has 110 valence electrons. The second kappa shape index (κ2) is 7.14. The van der Waals surface area contributed by atoms with E-state index in [9.17, 15) is 0 Å². The summed E-state index contributed by atoms with van der Waals surface area (Å²) in [6.45, 7) is 4.72. The number of rotatable bonds is 6. The minimum absolute atomic E-state index is 0.516. The highest BCUT2D eigenvalue weighted by Crippen LogP contribution is 2.20. The molecule has 5 heteroatoms. The zero-order valence-electron chi connectivity index (χ0n) is 12.3. The first-order valence-corrected chi connectivity index (χ1v) is 7.49. The normalized spacial score (nSPS) is 10.4. The Hall–Kier alpha value is -1.99. The van der Waals surface area contributed by atoms with Crippen molar-refractivity contribution in [3.8, 4) is 6.07 Å². The lowest BCUT2D eigenvalue weighted by Crippen LogP contribution is -2.02. The second-order valence-corrected chi connectivity index (χ2v) is 5.41. The Morgan fingerprint density at radius 1 is 1.43 bits per heavy atom. The van der Waals surface area contributed by atoms with Crippen LogP contribution in [0.25, 0.3) is 0 Å². The number of anilines is 1. The summed E-state index contributed by atoms with van der Waals surface area (Å²) in [5.41, 5.74) is 3.55. The minimum Gasteiger partial charge on any atom is -0.379 e. The van der Waals surface area contributed by atoms with E-state index < -0.39 is 0 Å². The van der Waals surface area contributed by atoms with Crippen molar-refractivity contribution in [1.29, 1.82) is 5.26 Å². The summed E-state index contributed by atoms with van der Waals surface area (Å²) in [6.07, 6.45) is 3.14. The van der Waals surface area contributed by atoms with Crippen LogP contribution in [0.1, 0.15) is 42.4 Å². The summed E-state index contributed by atoms with van der Waals surface area (Å²) in [6, 6.07) is 7.73. The molecular weight excluding hydrogens is 284 g/mol. The van der Waals surface area contributed by atoms with Gasteiger partial charge in [-0.05, 0) is 31.0 Å². The van der Waals surface area contributed by atoms with Gasteiger partial charge in [0.1, 0.15) is 5.82 Å². The van der Waals surface area contributed by atoms with Gasteiger partial charge in [0.2, 0.25) is 0 Å². The predicted molar refractivity (Wildman–Crippen MR) is 85.4 cm³/mol. The number of imidazole rings is 1. The lowest BCUT2D eigenvalue weighted by atomic mass is 10.1. The number of nitriles is 1. The molecule has 0 fully saturated rings. The quantitative estimate of drug-likeness (QED) is 0.840.